The first-order valence-corrected chi connectivity index (χ1v) is 4.91. The summed E-state index contributed by atoms with van der Waals surface area (Å²) in [5, 5.41) is 11.8. The number of hydrogen-bond donors (Lipinski definition) is 1. The van der Waals surface area contributed by atoms with Gasteiger partial charge in [-0.3, -0.25) is 0 Å². The van der Waals surface area contributed by atoms with Crippen molar-refractivity contribution in [1.82, 2.24) is 0 Å². The van der Waals surface area contributed by atoms with Crippen molar-refractivity contribution in [1.29, 1.82) is 0 Å². The molecule has 62 valence electrons. The number of halogens is 2. The molecule has 0 aliphatic heterocycles. The van der Waals surface area contributed by atoms with Crippen molar-refractivity contribution >= 4 is 37.4 Å². The minimum Gasteiger partial charge on any atom is -0.506 e. The van der Waals surface area contributed by atoms with Crippen LogP contribution >= 0.6 is 27.3 Å². The highest BCUT2D eigenvalue weighted by Crippen LogP contribution is 2.36. The third-order valence-corrected chi connectivity index (χ3v) is 3.14. The predicted octanol–water partition coefficient (Wildman–Crippen LogP) is 3.51. The summed E-state index contributed by atoms with van der Waals surface area (Å²) < 4.78 is 14.0. The largest absolute Gasteiger partial charge is 0.506 e. The van der Waals surface area contributed by atoms with Gasteiger partial charge in [-0.2, -0.15) is 0 Å². The van der Waals surface area contributed by atoms with Crippen LogP contribution < -0.4 is 0 Å². The maximum atomic E-state index is 13.1. The standard InChI is InChI=1S/C8H4BrFOS/c9-5-3-6(10)8-4(7(5)11)1-2-12-8/h1-3,11H. The van der Waals surface area contributed by atoms with E-state index in [-0.39, 0.29) is 11.6 Å². The van der Waals surface area contributed by atoms with Crippen molar-refractivity contribution in [3.63, 3.8) is 0 Å². The Balaban J connectivity index is 2.97. The summed E-state index contributed by atoms with van der Waals surface area (Å²) >= 11 is 4.35. The van der Waals surface area contributed by atoms with E-state index in [1.54, 1.807) is 11.4 Å². The van der Waals surface area contributed by atoms with Crippen molar-refractivity contribution in [2.45, 2.75) is 0 Å². The van der Waals surface area contributed by atoms with Crippen LogP contribution in [0.4, 0.5) is 4.39 Å². The highest BCUT2D eigenvalue weighted by Gasteiger charge is 2.09. The molecule has 0 spiro atoms. The predicted molar refractivity (Wildman–Crippen MR) is 51.1 cm³/mol. The van der Waals surface area contributed by atoms with E-state index in [0.717, 1.165) is 0 Å². The fraction of sp³-hybridized carbons (Fsp3) is 0. The van der Waals surface area contributed by atoms with Gasteiger partial charge < -0.3 is 5.11 Å². The van der Waals surface area contributed by atoms with Gasteiger partial charge in [0.15, 0.2) is 0 Å². The first kappa shape index (κ1) is 8.01. The molecule has 0 aliphatic rings. The molecule has 0 bridgehead atoms. The van der Waals surface area contributed by atoms with Gasteiger partial charge in [0.1, 0.15) is 11.6 Å². The van der Waals surface area contributed by atoms with E-state index in [1.165, 1.54) is 17.4 Å². The molecule has 0 saturated carbocycles. The fourth-order valence-electron chi connectivity index (χ4n) is 1.05. The second-order valence-electron chi connectivity index (χ2n) is 2.35. The summed E-state index contributed by atoms with van der Waals surface area (Å²) in [6.45, 7) is 0. The molecule has 2 aromatic rings. The van der Waals surface area contributed by atoms with Crippen molar-refractivity contribution in [2.75, 3.05) is 0 Å². The van der Waals surface area contributed by atoms with E-state index in [0.29, 0.717) is 14.6 Å². The van der Waals surface area contributed by atoms with E-state index in [9.17, 15) is 9.50 Å². The second kappa shape index (κ2) is 2.71. The minimum absolute atomic E-state index is 0.104. The lowest BCUT2D eigenvalue weighted by atomic mass is 10.2. The molecular formula is C8H4BrFOS. The number of fused-ring (bicyclic) bond motifs is 1. The molecule has 0 aliphatic carbocycles. The topological polar surface area (TPSA) is 20.2 Å². The van der Waals surface area contributed by atoms with Crippen molar-refractivity contribution in [2.24, 2.45) is 0 Å². The zero-order chi connectivity index (χ0) is 8.72. The molecule has 1 nitrogen and oxygen atoms in total. The fourth-order valence-corrected chi connectivity index (χ4v) is 2.27. The number of benzene rings is 1. The Morgan fingerprint density at radius 2 is 2.25 bits per heavy atom. The zero-order valence-corrected chi connectivity index (χ0v) is 8.25. The van der Waals surface area contributed by atoms with Crippen LogP contribution in [0, 0.1) is 5.82 Å². The van der Waals surface area contributed by atoms with Crippen LogP contribution in [0.15, 0.2) is 22.0 Å². The molecule has 1 aromatic carbocycles. The van der Waals surface area contributed by atoms with Gasteiger partial charge in [-0.25, -0.2) is 4.39 Å². The second-order valence-corrected chi connectivity index (χ2v) is 4.12. The van der Waals surface area contributed by atoms with Crippen LogP contribution in [0.2, 0.25) is 0 Å². The molecule has 0 saturated heterocycles. The molecule has 0 radical (unpaired) electrons. The summed E-state index contributed by atoms with van der Waals surface area (Å²) in [6.07, 6.45) is 0. The Bertz CT molecular complexity index is 438. The summed E-state index contributed by atoms with van der Waals surface area (Å²) in [7, 11) is 0. The lowest BCUT2D eigenvalue weighted by Crippen LogP contribution is -1.76. The van der Waals surface area contributed by atoms with Crippen LogP contribution in [0.3, 0.4) is 0 Å². The Morgan fingerprint density at radius 1 is 1.50 bits per heavy atom. The van der Waals surface area contributed by atoms with Crippen molar-refractivity contribution in [3.8, 4) is 5.75 Å². The van der Waals surface area contributed by atoms with Crippen LogP contribution in [0.1, 0.15) is 0 Å². The summed E-state index contributed by atoms with van der Waals surface area (Å²) in [5.41, 5.74) is 0. The Hall–Kier alpha value is -0.610. The average molecular weight is 247 g/mol. The van der Waals surface area contributed by atoms with Gasteiger partial charge in [0, 0.05) is 5.39 Å². The highest BCUT2D eigenvalue weighted by molar-refractivity contribution is 9.10. The molecular weight excluding hydrogens is 243 g/mol. The Labute approximate surface area is 80.6 Å². The van der Waals surface area contributed by atoms with E-state index in [2.05, 4.69) is 15.9 Å². The van der Waals surface area contributed by atoms with Crippen LogP contribution in [0.5, 0.6) is 5.75 Å². The molecule has 1 heterocycles. The maximum absolute atomic E-state index is 13.1. The van der Waals surface area contributed by atoms with E-state index >= 15 is 0 Å². The van der Waals surface area contributed by atoms with Gasteiger partial charge in [0.05, 0.1) is 9.17 Å². The first-order chi connectivity index (χ1) is 5.70. The number of aromatic hydroxyl groups is 1. The minimum atomic E-state index is -0.301. The van der Waals surface area contributed by atoms with Crippen LogP contribution in [-0.4, -0.2) is 5.11 Å². The SMILES string of the molecule is Oc1c(Br)cc(F)c2sccc12. The quantitative estimate of drug-likeness (QED) is 0.755. The maximum Gasteiger partial charge on any atom is 0.142 e. The summed E-state index contributed by atoms with van der Waals surface area (Å²) in [4.78, 5) is 0. The molecule has 0 amide bonds. The molecule has 2 rings (SSSR count). The lowest BCUT2D eigenvalue weighted by Gasteiger charge is -1.98. The highest BCUT2D eigenvalue weighted by atomic mass is 79.9. The molecule has 1 N–H and O–H groups in total. The molecule has 1 aromatic heterocycles. The normalized spacial score (nSPS) is 10.8. The third-order valence-electron chi connectivity index (χ3n) is 1.62. The summed E-state index contributed by atoms with van der Waals surface area (Å²) in [6, 6.07) is 2.97. The number of rotatable bonds is 0. The van der Waals surface area contributed by atoms with Crippen molar-refractivity contribution in [3.05, 3.63) is 27.8 Å². The molecule has 4 heteroatoms. The monoisotopic (exact) mass is 246 g/mol. The Kier molecular flexibility index (Phi) is 1.81. The number of thiophene rings is 1. The molecule has 0 unspecified atom stereocenters. The van der Waals surface area contributed by atoms with E-state index < -0.39 is 0 Å². The van der Waals surface area contributed by atoms with Gasteiger partial charge in [-0.05, 0) is 33.4 Å². The van der Waals surface area contributed by atoms with Crippen LogP contribution in [0.25, 0.3) is 10.1 Å². The average Bonchev–Trinajstić information content (AvgIpc) is 2.48. The third kappa shape index (κ3) is 1.03. The smallest absolute Gasteiger partial charge is 0.142 e. The molecule has 0 fully saturated rings. The number of phenolic OH excluding ortho intramolecular Hbond substituents is 1. The van der Waals surface area contributed by atoms with Gasteiger partial charge >= 0.3 is 0 Å². The zero-order valence-electron chi connectivity index (χ0n) is 5.84. The molecule has 12 heavy (non-hydrogen) atoms. The van der Waals surface area contributed by atoms with Gasteiger partial charge in [0.2, 0.25) is 0 Å². The number of hydrogen-bond acceptors (Lipinski definition) is 2. The van der Waals surface area contributed by atoms with E-state index in [4.69, 9.17) is 0 Å². The van der Waals surface area contributed by atoms with Gasteiger partial charge in [-0.1, -0.05) is 0 Å². The molecule has 0 atom stereocenters. The summed E-state index contributed by atoms with van der Waals surface area (Å²) in [5.74, 6) is -0.197. The van der Waals surface area contributed by atoms with E-state index in [1.807, 2.05) is 0 Å². The van der Waals surface area contributed by atoms with Crippen molar-refractivity contribution < 1.29 is 9.50 Å². The first-order valence-electron chi connectivity index (χ1n) is 3.24. The van der Waals surface area contributed by atoms with Gasteiger partial charge in [0.25, 0.3) is 0 Å². The lowest BCUT2D eigenvalue weighted by molar-refractivity contribution is 0.477. The Morgan fingerprint density at radius 3 is 3.00 bits per heavy atom. The number of phenols is 1. The van der Waals surface area contributed by atoms with Gasteiger partial charge in [-0.15, -0.1) is 11.3 Å². The van der Waals surface area contributed by atoms with Crippen LogP contribution in [-0.2, 0) is 0 Å².